The number of aromatic nitrogens is 1. The Morgan fingerprint density at radius 1 is 0.966 bits per heavy atom. The fraction of sp³-hybridized carbons (Fsp3) is 0.0556. The van der Waals surface area contributed by atoms with E-state index in [9.17, 15) is 21.6 Å². The molecular weight excluding hydrogens is 452 g/mol. The van der Waals surface area contributed by atoms with Crippen molar-refractivity contribution in [1.29, 1.82) is 0 Å². The van der Waals surface area contributed by atoms with Gasteiger partial charge in [0.15, 0.2) is 0 Å². The van der Waals surface area contributed by atoms with E-state index in [1.54, 1.807) is 0 Å². The Bertz CT molecular complexity index is 1120. The lowest BCUT2D eigenvalue weighted by atomic mass is 10.3. The monoisotopic (exact) mass is 462 g/mol. The van der Waals surface area contributed by atoms with Crippen LogP contribution in [0.25, 0.3) is 0 Å². The molecular formula is C18H11Cl2F3N2O3S. The van der Waals surface area contributed by atoms with E-state index in [0.717, 1.165) is 12.1 Å². The van der Waals surface area contributed by atoms with Gasteiger partial charge in [-0.2, -0.15) is 13.2 Å². The minimum Gasteiger partial charge on any atom is -0.439 e. The van der Waals surface area contributed by atoms with Crippen molar-refractivity contribution in [2.45, 2.75) is 11.1 Å². The molecule has 0 unspecified atom stereocenters. The SMILES string of the molecule is O=S(=O)(Nc1ccc(Oc2ccc(C(F)(F)F)cn2)cc1)c1ccc(Cl)cc1Cl. The molecule has 0 radical (unpaired) electrons. The fourth-order valence-electron chi connectivity index (χ4n) is 2.22. The normalized spacial score (nSPS) is 11.9. The lowest BCUT2D eigenvalue weighted by Gasteiger charge is -2.11. The molecule has 0 atom stereocenters. The van der Waals surface area contributed by atoms with E-state index in [1.165, 1.54) is 42.5 Å². The number of sulfonamides is 1. The Balaban J connectivity index is 1.71. The molecule has 1 aromatic heterocycles. The fourth-order valence-corrected chi connectivity index (χ4v) is 4.06. The second-order valence-electron chi connectivity index (χ2n) is 5.69. The minimum atomic E-state index is -4.49. The summed E-state index contributed by atoms with van der Waals surface area (Å²) in [4.78, 5) is 3.46. The predicted molar refractivity (Wildman–Crippen MR) is 103 cm³/mol. The van der Waals surface area contributed by atoms with Crippen molar-refractivity contribution >= 4 is 38.9 Å². The summed E-state index contributed by atoms with van der Waals surface area (Å²) in [5, 5.41) is 0.269. The Kier molecular flexibility index (Phi) is 5.92. The average molecular weight is 463 g/mol. The van der Waals surface area contributed by atoms with Crippen LogP contribution < -0.4 is 9.46 Å². The highest BCUT2D eigenvalue weighted by Gasteiger charge is 2.30. The van der Waals surface area contributed by atoms with Gasteiger partial charge in [0.2, 0.25) is 5.88 Å². The van der Waals surface area contributed by atoms with Gasteiger partial charge in [0, 0.05) is 23.0 Å². The van der Waals surface area contributed by atoms with Crippen LogP contribution in [0.5, 0.6) is 11.6 Å². The van der Waals surface area contributed by atoms with Gasteiger partial charge in [0.1, 0.15) is 10.6 Å². The van der Waals surface area contributed by atoms with Crippen molar-refractivity contribution in [2.24, 2.45) is 0 Å². The van der Waals surface area contributed by atoms with Crippen LogP contribution >= 0.6 is 23.2 Å². The van der Waals surface area contributed by atoms with Crippen molar-refractivity contribution in [1.82, 2.24) is 4.98 Å². The van der Waals surface area contributed by atoms with Crippen molar-refractivity contribution in [3.63, 3.8) is 0 Å². The highest BCUT2D eigenvalue weighted by atomic mass is 35.5. The lowest BCUT2D eigenvalue weighted by molar-refractivity contribution is -0.137. The number of alkyl halides is 3. The Labute approximate surface area is 174 Å². The van der Waals surface area contributed by atoms with E-state index < -0.39 is 21.8 Å². The average Bonchev–Trinajstić information content (AvgIpc) is 2.62. The summed E-state index contributed by atoms with van der Waals surface area (Å²) in [6, 6.07) is 11.6. The predicted octanol–water partition coefficient (Wildman–Crippen LogP) is 6.00. The molecule has 0 saturated carbocycles. The number of hydrogen-bond acceptors (Lipinski definition) is 4. The molecule has 5 nitrogen and oxygen atoms in total. The molecule has 1 N–H and O–H groups in total. The van der Waals surface area contributed by atoms with Gasteiger partial charge in [-0.1, -0.05) is 23.2 Å². The van der Waals surface area contributed by atoms with Gasteiger partial charge in [-0.15, -0.1) is 0 Å². The maximum atomic E-state index is 12.5. The van der Waals surface area contributed by atoms with Crippen LogP contribution in [0.4, 0.5) is 18.9 Å². The molecule has 2 aromatic carbocycles. The first-order valence-electron chi connectivity index (χ1n) is 7.84. The summed E-state index contributed by atoms with van der Waals surface area (Å²) in [6.45, 7) is 0. The molecule has 1 heterocycles. The summed E-state index contributed by atoms with van der Waals surface area (Å²) in [7, 11) is -3.95. The molecule has 29 heavy (non-hydrogen) atoms. The molecule has 0 fully saturated rings. The summed E-state index contributed by atoms with van der Waals surface area (Å²) >= 11 is 11.7. The topological polar surface area (TPSA) is 68.3 Å². The van der Waals surface area contributed by atoms with Crippen molar-refractivity contribution in [2.75, 3.05) is 4.72 Å². The number of pyridine rings is 1. The summed E-state index contributed by atoms with van der Waals surface area (Å²) in [6.07, 6.45) is -3.83. The van der Waals surface area contributed by atoms with Gasteiger partial charge in [0.25, 0.3) is 10.0 Å². The number of nitrogens with one attached hydrogen (secondary N) is 1. The van der Waals surface area contributed by atoms with E-state index in [1.807, 2.05) is 0 Å². The molecule has 0 aliphatic heterocycles. The van der Waals surface area contributed by atoms with Crippen molar-refractivity contribution in [3.8, 4) is 11.6 Å². The lowest BCUT2D eigenvalue weighted by Crippen LogP contribution is -2.13. The third-order valence-electron chi connectivity index (χ3n) is 3.58. The molecule has 0 saturated heterocycles. The number of hydrogen-bond donors (Lipinski definition) is 1. The molecule has 0 aliphatic rings. The first kappa shape index (κ1) is 21.2. The first-order valence-corrected chi connectivity index (χ1v) is 10.1. The highest BCUT2D eigenvalue weighted by Crippen LogP contribution is 2.31. The minimum absolute atomic E-state index is 0.0293. The van der Waals surface area contributed by atoms with Crippen LogP contribution in [0, 0.1) is 0 Å². The molecule has 3 aromatic rings. The van der Waals surface area contributed by atoms with Crippen LogP contribution in [-0.4, -0.2) is 13.4 Å². The molecule has 152 valence electrons. The number of halogens is 5. The highest BCUT2D eigenvalue weighted by molar-refractivity contribution is 7.92. The van der Waals surface area contributed by atoms with E-state index in [-0.39, 0.29) is 27.2 Å². The van der Waals surface area contributed by atoms with Gasteiger partial charge >= 0.3 is 6.18 Å². The number of rotatable bonds is 5. The van der Waals surface area contributed by atoms with Crippen LogP contribution in [0.3, 0.4) is 0 Å². The zero-order chi connectivity index (χ0) is 21.2. The molecule has 11 heteroatoms. The van der Waals surface area contributed by atoms with Crippen LogP contribution in [0.1, 0.15) is 5.56 Å². The largest absolute Gasteiger partial charge is 0.439 e. The van der Waals surface area contributed by atoms with E-state index in [4.69, 9.17) is 27.9 Å². The van der Waals surface area contributed by atoms with Gasteiger partial charge in [-0.25, -0.2) is 13.4 Å². The smallest absolute Gasteiger partial charge is 0.417 e. The van der Waals surface area contributed by atoms with E-state index in [2.05, 4.69) is 9.71 Å². The van der Waals surface area contributed by atoms with Crippen LogP contribution in [0.2, 0.25) is 10.0 Å². The quantitative estimate of drug-likeness (QED) is 0.504. The molecule has 0 aliphatic carbocycles. The van der Waals surface area contributed by atoms with Gasteiger partial charge in [0.05, 0.1) is 10.6 Å². The molecule has 0 spiro atoms. The first-order chi connectivity index (χ1) is 13.5. The Morgan fingerprint density at radius 3 is 2.21 bits per heavy atom. The summed E-state index contributed by atoms with van der Waals surface area (Å²) in [5.41, 5.74) is -0.667. The van der Waals surface area contributed by atoms with E-state index in [0.29, 0.717) is 11.2 Å². The maximum Gasteiger partial charge on any atom is 0.417 e. The number of ether oxygens (including phenoxy) is 1. The third-order valence-corrected chi connectivity index (χ3v) is 5.68. The summed E-state index contributed by atoms with van der Waals surface area (Å²) < 4.78 is 70.2. The number of nitrogens with zero attached hydrogens (tertiary/aromatic N) is 1. The second-order valence-corrected chi connectivity index (χ2v) is 8.18. The second kappa shape index (κ2) is 8.10. The van der Waals surface area contributed by atoms with Crippen molar-refractivity contribution in [3.05, 3.63) is 76.4 Å². The van der Waals surface area contributed by atoms with E-state index >= 15 is 0 Å². The zero-order valence-electron chi connectivity index (χ0n) is 14.2. The third kappa shape index (κ3) is 5.31. The Hall–Kier alpha value is -2.49. The van der Waals surface area contributed by atoms with Crippen molar-refractivity contribution < 1.29 is 26.3 Å². The number of anilines is 1. The molecule has 3 rings (SSSR count). The number of benzene rings is 2. The standard InChI is InChI=1S/C18H11Cl2F3N2O3S/c19-12-2-7-16(15(20)9-12)29(26,27)25-13-3-5-14(6-4-13)28-17-8-1-11(10-24-17)18(21,22)23/h1-10,25H. The molecule has 0 amide bonds. The van der Waals surface area contributed by atoms with Gasteiger partial charge in [-0.05, 0) is 48.5 Å². The van der Waals surface area contributed by atoms with Crippen LogP contribution in [-0.2, 0) is 16.2 Å². The van der Waals surface area contributed by atoms with Crippen LogP contribution in [0.15, 0.2) is 65.7 Å². The van der Waals surface area contributed by atoms with Gasteiger partial charge < -0.3 is 4.74 Å². The maximum absolute atomic E-state index is 12.5. The van der Waals surface area contributed by atoms with Gasteiger partial charge in [-0.3, -0.25) is 4.72 Å². The Morgan fingerprint density at radius 2 is 1.66 bits per heavy atom. The molecule has 0 bridgehead atoms. The zero-order valence-corrected chi connectivity index (χ0v) is 16.6. The summed E-state index contributed by atoms with van der Waals surface area (Å²) in [5.74, 6) is 0.212.